The quantitative estimate of drug-likeness (QED) is 0.944. The van der Waals surface area contributed by atoms with E-state index in [0.29, 0.717) is 18.5 Å². The summed E-state index contributed by atoms with van der Waals surface area (Å²) in [6, 6.07) is 2.65. The molecule has 1 aliphatic heterocycles. The Morgan fingerprint density at radius 2 is 2.30 bits per heavy atom. The predicted octanol–water partition coefficient (Wildman–Crippen LogP) is 2.82. The van der Waals surface area contributed by atoms with E-state index in [4.69, 9.17) is 5.73 Å². The van der Waals surface area contributed by atoms with E-state index in [-0.39, 0.29) is 0 Å². The molecule has 1 aliphatic rings. The molecule has 4 nitrogen and oxygen atoms in total. The second kappa shape index (κ2) is 5.66. The molecule has 0 spiro atoms. The molecule has 2 aromatic heterocycles. The number of thiophene rings is 1. The molecule has 1 saturated heterocycles. The molecule has 20 heavy (non-hydrogen) atoms. The molecule has 108 valence electrons. The third-order valence-corrected chi connectivity index (χ3v) is 5.52. The maximum absolute atomic E-state index is 6.01. The minimum absolute atomic E-state index is 0.395. The van der Waals surface area contributed by atoms with Gasteiger partial charge in [-0.1, -0.05) is 13.8 Å². The molecule has 5 heteroatoms. The van der Waals surface area contributed by atoms with Crippen molar-refractivity contribution in [2.24, 2.45) is 11.7 Å². The molecular weight excluding hydrogens is 268 g/mol. The number of nitrogens with zero attached hydrogens (tertiary/aromatic N) is 3. The van der Waals surface area contributed by atoms with E-state index in [1.165, 1.54) is 23.1 Å². The molecule has 2 N–H and O–H groups in total. The number of piperidine rings is 1. The fourth-order valence-electron chi connectivity index (χ4n) is 3.17. The van der Waals surface area contributed by atoms with Gasteiger partial charge in [0, 0.05) is 24.0 Å². The Hall–Kier alpha value is -1.20. The second-order valence-corrected chi connectivity index (χ2v) is 6.71. The Morgan fingerprint density at radius 3 is 3.05 bits per heavy atom. The van der Waals surface area contributed by atoms with Gasteiger partial charge in [0.05, 0.1) is 5.39 Å². The minimum atomic E-state index is 0.395. The first kappa shape index (κ1) is 13.8. The molecule has 0 amide bonds. The van der Waals surface area contributed by atoms with E-state index in [1.807, 2.05) is 0 Å². The zero-order valence-electron chi connectivity index (χ0n) is 12.2. The molecule has 3 rings (SSSR count). The van der Waals surface area contributed by atoms with E-state index in [0.717, 1.165) is 23.6 Å². The summed E-state index contributed by atoms with van der Waals surface area (Å²) in [6.45, 7) is 6.23. The topological polar surface area (TPSA) is 55.0 Å². The van der Waals surface area contributed by atoms with Crippen molar-refractivity contribution in [1.29, 1.82) is 0 Å². The fraction of sp³-hybridized carbons (Fsp3) is 0.600. The molecule has 0 saturated carbocycles. The van der Waals surface area contributed by atoms with Crippen molar-refractivity contribution < 1.29 is 0 Å². The first-order chi connectivity index (χ1) is 9.74. The Labute approximate surface area is 124 Å². The zero-order chi connectivity index (χ0) is 14.1. The SMILES string of the molecule is CCc1cc2c(N3CCCC(C)C3CN)ncnc2s1. The number of hydrogen-bond donors (Lipinski definition) is 1. The normalized spacial score (nSPS) is 23.4. The number of fused-ring (bicyclic) bond motifs is 1. The zero-order valence-corrected chi connectivity index (χ0v) is 13.0. The van der Waals surface area contributed by atoms with Crippen molar-refractivity contribution in [2.75, 3.05) is 18.0 Å². The van der Waals surface area contributed by atoms with Gasteiger partial charge in [-0.15, -0.1) is 11.3 Å². The van der Waals surface area contributed by atoms with Crippen LogP contribution >= 0.6 is 11.3 Å². The molecule has 2 aromatic rings. The highest BCUT2D eigenvalue weighted by molar-refractivity contribution is 7.18. The minimum Gasteiger partial charge on any atom is -0.351 e. The van der Waals surface area contributed by atoms with E-state index in [2.05, 4.69) is 34.8 Å². The lowest BCUT2D eigenvalue weighted by Crippen LogP contribution is -2.49. The van der Waals surface area contributed by atoms with Crippen LogP contribution in [-0.4, -0.2) is 29.1 Å². The Morgan fingerprint density at radius 1 is 1.45 bits per heavy atom. The summed E-state index contributed by atoms with van der Waals surface area (Å²) in [5.74, 6) is 1.70. The maximum Gasteiger partial charge on any atom is 0.141 e. The van der Waals surface area contributed by atoms with Gasteiger partial charge in [-0.25, -0.2) is 9.97 Å². The molecule has 0 radical (unpaired) electrons. The first-order valence-electron chi connectivity index (χ1n) is 7.44. The van der Waals surface area contributed by atoms with Gasteiger partial charge in [0.1, 0.15) is 17.0 Å². The van der Waals surface area contributed by atoms with Crippen LogP contribution in [0.3, 0.4) is 0 Å². The summed E-state index contributed by atoms with van der Waals surface area (Å²) in [6.07, 6.45) is 5.22. The monoisotopic (exact) mass is 290 g/mol. The predicted molar refractivity (Wildman–Crippen MR) is 85.4 cm³/mol. The van der Waals surface area contributed by atoms with Gasteiger partial charge in [0.25, 0.3) is 0 Å². The second-order valence-electron chi connectivity index (χ2n) is 5.60. The van der Waals surface area contributed by atoms with Crippen LogP contribution in [0.15, 0.2) is 12.4 Å². The molecule has 1 fully saturated rings. The summed E-state index contributed by atoms with van der Waals surface area (Å²) in [5.41, 5.74) is 6.01. The lowest BCUT2D eigenvalue weighted by atomic mass is 9.90. The highest BCUT2D eigenvalue weighted by atomic mass is 32.1. The first-order valence-corrected chi connectivity index (χ1v) is 8.26. The Kier molecular flexibility index (Phi) is 3.89. The maximum atomic E-state index is 6.01. The van der Waals surface area contributed by atoms with E-state index in [1.54, 1.807) is 17.7 Å². The van der Waals surface area contributed by atoms with Gasteiger partial charge < -0.3 is 10.6 Å². The molecule has 3 heterocycles. The van der Waals surface area contributed by atoms with Crippen LogP contribution in [0.25, 0.3) is 10.2 Å². The van der Waals surface area contributed by atoms with Crippen LogP contribution in [-0.2, 0) is 6.42 Å². The largest absolute Gasteiger partial charge is 0.351 e. The third-order valence-electron chi connectivity index (χ3n) is 4.34. The van der Waals surface area contributed by atoms with E-state index < -0.39 is 0 Å². The standard InChI is InChI=1S/C15H22N4S/c1-3-11-7-12-14(17-9-18-15(12)20-11)19-6-4-5-10(2)13(19)8-16/h7,9-10,13H,3-6,8,16H2,1-2H3. The van der Waals surface area contributed by atoms with Crippen molar-refractivity contribution >= 4 is 27.4 Å². The van der Waals surface area contributed by atoms with Crippen LogP contribution in [0.2, 0.25) is 0 Å². The molecule has 0 aliphatic carbocycles. The van der Waals surface area contributed by atoms with Crippen LogP contribution in [0, 0.1) is 5.92 Å². The number of nitrogens with two attached hydrogens (primary N) is 1. The van der Waals surface area contributed by atoms with E-state index >= 15 is 0 Å². The number of rotatable bonds is 3. The lowest BCUT2D eigenvalue weighted by Gasteiger charge is -2.40. The van der Waals surface area contributed by atoms with Gasteiger partial charge in [-0.05, 0) is 31.2 Å². The number of hydrogen-bond acceptors (Lipinski definition) is 5. The lowest BCUT2D eigenvalue weighted by molar-refractivity contribution is 0.348. The van der Waals surface area contributed by atoms with E-state index in [9.17, 15) is 0 Å². The number of aromatic nitrogens is 2. The summed E-state index contributed by atoms with van der Waals surface area (Å²) < 4.78 is 0. The number of anilines is 1. The van der Waals surface area contributed by atoms with Crippen molar-refractivity contribution in [3.05, 3.63) is 17.3 Å². The molecule has 0 aromatic carbocycles. The van der Waals surface area contributed by atoms with Gasteiger partial charge in [0.2, 0.25) is 0 Å². The average molecular weight is 290 g/mol. The van der Waals surface area contributed by atoms with Crippen LogP contribution < -0.4 is 10.6 Å². The average Bonchev–Trinajstić information content (AvgIpc) is 2.90. The van der Waals surface area contributed by atoms with Crippen molar-refractivity contribution in [3.63, 3.8) is 0 Å². The van der Waals surface area contributed by atoms with Crippen LogP contribution in [0.5, 0.6) is 0 Å². The fourth-order valence-corrected chi connectivity index (χ4v) is 4.10. The summed E-state index contributed by atoms with van der Waals surface area (Å²) in [5, 5.41) is 1.20. The van der Waals surface area contributed by atoms with Gasteiger partial charge >= 0.3 is 0 Å². The van der Waals surface area contributed by atoms with Crippen molar-refractivity contribution in [1.82, 2.24) is 9.97 Å². The van der Waals surface area contributed by atoms with Crippen molar-refractivity contribution in [3.8, 4) is 0 Å². The smallest absolute Gasteiger partial charge is 0.141 e. The highest BCUT2D eigenvalue weighted by Gasteiger charge is 2.29. The van der Waals surface area contributed by atoms with Crippen molar-refractivity contribution in [2.45, 2.75) is 39.2 Å². The Bertz CT molecular complexity index is 595. The molecular formula is C15H22N4S. The summed E-state index contributed by atoms with van der Waals surface area (Å²) in [7, 11) is 0. The molecule has 2 atom stereocenters. The molecule has 0 bridgehead atoms. The summed E-state index contributed by atoms with van der Waals surface area (Å²) >= 11 is 1.78. The van der Waals surface area contributed by atoms with Gasteiger partial charge in [0.15, 0.2) is 0 Å². The van der Waals surface area contributed by atoms with Gasteiger partial charge in [-0.3, -0.25) is 0 Å². The summed E-state index contributed by atoms with van der Waals surface area (Å²) in [4.78, 5) is 13.9. The molecule has 2 unspecified atom stereocenters. The number of aryl methyl sites for hydroxylation is 1. The van der Waals surface area contributed by atoms with Crippen LogP contribution in [0.1, 0.15) is 31.6 Å². The third kappa shape index (κ3) is 2.29. The Balaban J connectivity index is 2.06. The van der Waals surface area contributed by atoms with Gasteiger partial charge in [-0.2, -0.15) is 0 Å². The highest BCUT2D eigenvalue weighted by Crippen LogP contribution is 2.34. The van der Waals surface area contributed by atoms with Crippen LogP contribution in [0.4, 0.5) is 5.82 Å².